The van der Waals surface area contributed by atoms with Gasteiger partial charge in [-0.05, 0) is 80.2 Å². The standard InChI is InChI=1S/C28H27ClN2O3/c1-20-17-21(5-11-25-12-8-23(19-30-25)22-6-9-24(29)10-7-22)18-26(28(32)33-2)27(20)34-16-15-31-13-3-4-14-31/h6-10,12,17-19H,3-4,13-16H2,1-2H3. The Hall–Kier alpha value is -3.33. The van der Waals surface area contributed by atoms with Crippen LogP contribution in [0.2, 0.25) is 5.02 Å². The topological polar surface area (TPSA) is 51.7 Å². The molecule has 0 saturated carbocycles. The molecule has 1 aliphatic rings. The number of ether oxygens (including phenoxy) is 2. The number of esters is 1. The first-order valence-electron chi connectivity index (χ1n) is 11.4. The van der Waals surface area contributed by atoms with Crippen LogP contribution in [0.4, 0.5) is 0 Å². The SMILES string of the molecule is COC(=O)c1cc(C#Cc2ccc(-c3ccc(Cl)cc3)cn2)cc(C)c1OCCN1CCCC1. The summed E-state index contributed by atoms with van der Waals surface area (Å²) < 4.78 is 11.0. The number of halogens is 1. The molecule has 0 unspecified atom stereocenters. The second-order valence-electron chi connectivity index (χ2n) is 8.25. The van der Waals surface area contributed by atoms with E-state index in [1.54, 1.807) is 12.3 Å². The number of rotatable bonds is 6. The molecule has 1 aromatic heterocycles. The van der Waals surface area contributed by atoms with Crippen LogP contribution in [0.3, 0.4) is 0 Å². The third kappa shape index (κ3) is 5.96. The van der Waals surface area contributed by atoms with E-state index in [-0.39, 0.29) is 0 Å². The fraction of sp³-hybridized carbons (Fsp3) is 0.286. The van der Waals surface area contributed by atoms with Gasteiger partial charge in [-0.3, -0.25) is 4.90 Å². The van der Waals surface area contributed by atoms with Gasteiger partial charge in [0, 0.05) is 28.9 Å². The van der Waals surface area contributed by atoms with Gasteiger partial charge in [-0.1, -0.05) is 35.7 Å². The minimum Gasteiger partial charge on any atom is -0.491 e. The molecule has 1 saturated heterocycles. The molecular formula is C28H27ClN2O3. The molecule has 0 bridgehead atoms. The number of likely N-dealkylation sites (tertiary alicyclic amines) is 1. The number of benzene rings is 2. The van der Waals surface area contributed by atoms with Crippen LogP contribution in [0.25, 0.3) is 11.1 Å². The molecule has 0 radical (unpaired) electrons. The molecule has 0 aliphatic carbocycles. The van der Waals surface area contributed by atoms with Crippen molar-refractivity contribution in [1.29, 1.82) is 0 Å². The molecule has 6 heteroatoms. The average molecular weight is 475 g/mol. The Morgan fingerprint density at radius 1 is 1.06 bits per heavy atom. The number of hydrogen-bond donors (Lipinski definition) is 0. The fourth-order valence-electron chi connectivity index (χ4n) is 4.00. The molecule has 2 aromatic carbocycles. The largest absolute Gasteiger partial charge is 0.491 e. The van der Waals surface area contributed by atoms with Gasteiger partial charge in [0.05, 0.1) is 7.11 Å². The quantitative estimate of drug-likeness (QED) is 0.355. The van der Waals surface area contributed by atoms with Crippen molar-refractivity contribution in [1.82, 2.24) is 9.88 Å². The molecule has 1 fully saturated rings. The Morgan fingerprint density at radius 2 is 1.79 bits per heavy atom. The highest BCUT2D eigenvalue weighted by Crippen LogP contribution is 2.27. The van der Waals surface area contributed by atoms with Crippen molar-refractivity contribution in [2.75, 3.05) is 33.4 Å². The van der Waals surface area contributed by atoms with Crippen LogP contribution in [0.15, 0.2) is 54.7 Å². The van der Waals surface area contributed by atoms with Gasteiger partial charge in [-0.2, -0.15) is 0 Å². The molecule has 1 aliphatic heterocycles. The second-order valence-corrected chi connectivity index (χ2v) is 8.68. The molecule has 5 nitrogen and oxygen atoms in total. The first-order chi connectivity index (χ1) is 16.5. The summed E-state index contributed by atoms with van der Waals surface area (Å²) in [5.41, 5.74) is 4.60. The Kier molecular flexibility index (Phi) is 7.84. The van der Waals surface area contributed by atoms with E-state index in [1.165, 1.54) is 20.0 Å². The Labute approximate surface area is 205 Å². The first-order valence-corrected chi connectivity index (χ1v) is 11.7. The highest BCUT2D eigenvalue weighted by molar-refractivity contribution is 6.30. The molecule has 2 heterocycles. The third-order valence-corrected chi connectivity index (χ3v) is 6.06. The highest BCUT2D eigenvalue weighted by atomic mass is 35.5. The van der Waals surface area contributed by atoms with E-state index >= 15 is 0 Å². The summed E-state index contributed by atoms with van der Waals surface area (Å²) in [4.78, 5) is 19.3. The lowest BCUT2D eigenvalue weighted by atomic mass is 10.0. The van der Waals surface area contributed by atoms with Gasteiger partial charge < -0.3 is 9.47 Å². The van der Waals surface area contributed by atoms with E-state index < -0.39 is 5.97 Å². The van der Waals surface area contributed by atoms with Crippen molar-refractivity contribution in [3.63, 3.8) is 0 Å². The zero-order valence-electron chi connectivity index (χ0n) is 19.4. The first kappa shape index (κ1) is 23.8. The van der Waals surface area contributed by atoms with Crippen LogP contribution >= 0.6 is 11.6 Å². The molecule has 0 amide bonds. The predicted molar refractivity (Wildman–Crippen MR) is 134 cm³/mol. The summed E-state index contributed by atoms with van der Waals surface area (Å²) in [5, 5.41) is 0.698. The fourth-order valence-corrected chi connectivity index (χ4v) is 4.13. The van der Waals surface area contributed by atoms with Crippen molar-refractivity contribution in [2.45, 2.75) is 19.8 Å². The summed E-state index contributed by atoms with van der Waals surface area (Å²) in [7, 11) is 1.37. The molecule has 4 rings (SSSR count). The molecule has 174 valence electrons. The van der Waals surface area contributed by atoms with Crippen LogP contribution in [0.5, 0.6) is 5.75 Å². The van der Waals surface area contributed by atoms with Crippen LogP contribution < -0.4 is 4.74 Å². The Morgan fingerprint density at radius 3 is 2.47 bits per heavy atom. The Bertz CT molecular complexity index is 1210. The summed E-state index contributed by atoms with van der Waals surface area (Å²) in [5.74, 6) is 6.31. The van der Waals surface area contributed by atoms with Crippen LogP contribution in [-0.2, 0) is 4.74 Å². The number of pyridine rings is 1. The number of carbonyl (C=O) groups excluding carboxylic acids is 1. The van der Waals surface area contributed by atoms with E-state index in [9.17, 15) is 4.79 Å². The van der Waals surface area contributed by atoms with Crippen LogP contribution in [-0.4, -0.2) is 49.2 Å². The van der Waals surface area contributed by atoms with Gasteiger partial charge in [-0.15, -0.1) is 0 Å². The number of hydrogen-bond acceptors (Lipinski definition) is 5. The van der Waals surface area contributed by atoms with E-state index in [0.29, 0.717) is 34.2 Å². The van der Waals surface area contributed by atoms with Gasteiger partial charge in [-0.25, -0.2) is 9.78 Å². The highest BCUT2D eigenvalue weighted by Gasteiger charge is 2.18. The molecule has 3 aromatic rings. The third-order valence-electron chi connectivity index (χ3n) is 5.81. The molecule has 0 atom stereocenters. The lowest BCUT2D eigenvalue weighted by molar-refractivity contribution is 0.0595. The maximum Gasteiger partial charge on any atom is 0.341 e. The smallest absolute Gasteiger partial charge is 0.341 e. The van der Waals surface area contributed by atoms with Crippen LogP contribution in [0.1, 0.15) is 40.0 Å². The maximum absolute atomic E-state index is 12.4. The van der Waals surface area contributed by atoms with E-state index in [2.05, 4.69) is 21.7 Å². The minimum atomic E-state index is -0.437. The minimum absolute atomic E-state index is 0.388. The second kappa shape index (κ2) is 11.2. The van der Waals surface area contributed by atoms with Crippen LogP contribution in [0, 0.1) is 18.8 Å². The number of nitrogens with zero attached hydrogens (tertiary/aromatic N) is 2. The average Bonchev–Trinajstić information content (AvgIpc) is 3.37. The molecule has 34 heavy (non-hydrogen) atoms. The van der Waals surface area contributed by atoms with Crippen molar-refractivity contribution in [3.05, 3.63) is 82.1 Å². The van der Waals surface area contributed by atoms with Gasteiger partial charge in [0.25, 0.3) is 0 Å². The van der Waals surface area contributed by atoms with Crippen molar-refractivity contribution in [3.8, 4) is 28.7 Å². The number of carbonyl (C=O) groups is 1. The van der Waals surface area contributed by atoms with E-state index in [4.69, 9.17) is 21.1 Å². The van der Waals surface area contributed by atoms with Crippen molar-refractivity contribution < 1.29 is 14.3 Å². The van der Waals surface area contributed by atoms with Crippen molar-refractivity contribution in [2.24, 2.45) is 0 Å². The lowest BCUT2D eigenvalue weighted by Gasteiger charge is -2.17. The van der Waals surface area contributed by atoms with E-state index in [1.807, 2.05) is 49.4 Å². The zero-order valence-corrected chi connectivity index (χ0v) is 20.2. The summed E-state index contributed by atoms with van der Waals surface area (Å²) >= 11 is 5.96. The molecule has 0 spiro atoms. The monoisotopic (exact) mass is 474 g/mol. The number of aryl methyl sites for hydroxylation is 1. The summed E-state index contributed by atoms with van der Waals surface area (Å²) in [6.07, 6.45) is 4.26. The maximum atomic E-state index is 12.4. The predicted octanol–water partition coefficient (Wildman–Crippen LogP) is 5.37. The molecule has 0 N–H and O–H groups in total. The number of methoxy groups -OCH3 is 1. The van der Waals surface area contributed by atoms with Gasteiger partial charge >= 0.3 is 5.97 Å². The van der Waals surface area contributed by atoms with Gasteiger partial charge in [0.15, 0.2) is 0 Å². The number of aromatic nitrogens is 1. The lowest BCUT2D eigenvalue weighted by Crippen LogP contribution is -2.25. The summed E-state index contributed by atoms with van der Waals surface area (Å²) in [6, 6.07) is 15.1. The van der Waals surface area contributed by atoms with Crippen molar-refractivity contribution >= 4 is 17.6 Å². The summed E-state index contributed by atoms with van der Waals surface area (Å²) in [6.45, 7) is 5.51. The van der Waals surface area contributed by atoms with Gasteiger partial charge in [0.1, 0.15) is 23.6 Å². The molecular weight excluding hydrogens is 448 g/mol. The van der Waals surface area contributed by atoms with Gasteiger partial charge in [0.2, 0.25) is 0 Å². The zero-order chi connectivity index (χ0) is 23.9. The van der Waals surface area contributed by atoms with E-state index in [0.717, 1.165) is 36.3 Å². The Balaban J connectivity index is 1.51. The normalized spacial score (nSPS) is 13.3.